The molecule has 1 fully saturated rings. The fourth-order valence-corrected chi connectivity index (χ4v) is 2.63. The van der Waals surface area contributed by atoms with Crippen LogP contribution in [-0.2, 0) is 4.79 Å². The molecule has 1 saturated heterocycles. The molecule has 3 nitrogen and oxygen atoms in total. The second kappa shape index (κ2) is 4.26. The Morgan fingerprint density at radius 3 is 2.42 bits per heavy atom. The second-order valence-electron chi connectivity index (χ2n) is 6.70. The van der Waals surface area contributed by atoms with Crippen molar-refractivity contribution in [3.63, 3.8) is 0 Å². The third-order valence-electron chi connectivity index (χ3n) is 4.10. The molecular formula is C16H24N2O. The summed E-state index contributed by atoms with van der Waals surface area (Å²) in [4.78, 5) is 14.6. The van der Waals surface area contributed by atoms with Gasteiger partial charge in [0.1, 0.15) is 5.54 Å². The van der Waals surface area contributed by atoms with Gasteiger partial charge in [0, 0.05) is 12.2 Å². The predicted molar refractivity (Wildman–Crippen MR) is 79.6 cm³/mol. The Morgan fingerprint density at radius 1 is 1.16 bits per heavy atom. The SMILES string of the molecule is Cc1cccc(N2CC(C)(C)NC(=O)C2(C)C)c1C. The van der Waals surface area contributed by atoms with E-state index in [1.165, 1.54) is 11.1 Å². The summed E-state index contributed by atoms with van der Waals surface area (Å²) in [6, 6.07) is 6.28. The Hall–Kier alpha value is -1.51. The summed E-state index contributed by atoms with van der Waals surface area (Å²) in [7, 11) is 0. The Labute approximate surface area is 116 Å². The quantitative estimate of drug-likeness (QED) is 0.842. The van der Waals surface area contributed by atoms with Crippen molar-refractivity contribution in [2.75, 3.05) is 11.4 Å². The van der Waals surface area contributed by atoms with Gasteiger partial charge in [-0.3, -0.25) is 4.79 Å². The summed E-state index contributed by atoms with van der Waals surface area (Å²) in [5, 5.41) is 3.10. The molecule has 0 spiro atoms. The number of piperazine rings is 1. The summed E-state index contributed by atoms with van der Waals surface area (Å²) >= 11 is 0. The molecule has 1 amide bonds. The summed E-state index contributed by atoms with van der Waals surface area (Å²) in [6.07, 6.45) is 0. The van der Waals surface area contributed by atoms with Crippen molar-refractivity contribution in [3.05, 3.63) is 29.3 Å². The first kappa shape index (κ1) is 13.9. The number of aryl methyl sites for hydroxylation is 1. The molecule has 3 heteroatoms. The van der Waals surface area contributed by atoms with Crippen LogP contribution in [0, 0.1) is 13.8 Å². The summed E-state index contributed by atoms with van der Waals surface area (Å²) in [6.45, 7) is 13.2. The highest BCUT2D eigenvalue weighted by Gasteiger charge is 2.44. The van der Waals surface area contributed by atoms with Gasteiger partial charge in [0.15, 0.2) is 0 Å². The van der Waals surface area contributed by atoms with Crippen LogP contribution >= 0.6 is 0 Å². The molecule has 2 rings (SSSR count). The lowest BCUT2D eigenvalue weighted by atomic mass is 9.89. The van der Waals surface area contributed by atoms with Crippen molar-refractivity contribution < 1.29 is 4.79 Å². The molecule has 0 aromatic heterocycles. The van der Waals surface area contributed by atoms with E-state index in [0.717, 1.165) is 12.2 Å². The van der Waals surface area contributed by atoms with E-state index in [4.69, 9.17) is 0 Å². The number of amides is 1. The molecule has 1 aliphatic heterocycles. The molecule has 1 aromatic carbocycles. The monoisotopic (exact) mass is 260 g/mol. The van der Waals surface area contributed by atoms with Gasteiger partial charge in [0.25, 0.3) is 0 Å². The van der Waals surface area contributed by atoms with Gasteiger partial charge in [0.2, 0.25) is 5.91 Å². The van der Waals surface area contributed by atoms with Gasteiger partial charge in [-0.25, -0.2) is 0 Å². The van der Waals surface area contributed by atoms with Gasteiger partial charge in [-0.05, 0) is 58.7 Å². The molecule has 1 N–H and O–H groups in total. The molecule has 0 atom stereocenters. The van der Waals surface area contributed by atoms with Crippen LogP contribution in [0.5, 0.6) is 0 Å². The van der Waals surface area contributed by atoms with E-state index in [1.807, 2.05) is 13.8 Å². The molecule has 0 saturated carbocycles. The van der Waals surface area contributed by atoms with E-state index in [1.54, 1.807) is 0 Å². The Bertz CT molecular complexity index is 517. The highest BCUT2D eigenvalue weighted by atomic mass is 16.2. The van der Waals surface area contributed by atoms with Crippen LogP contribution < -0.4 is 10.2 Å². The first-order valence-corrected chi connectivity index (χ1v) is 6.82. The Morgan fingerprint density at radius 2 is 1.79 bits per heavy atom. The third kappa shape index (κ3) is 2.34. The minimum atomic E-state index is -0.520. The van der Waals surface area contributed by atoms with Crippen molar-refractivity contribution in [2.45, 2.75) is 52.6 Å². The smallest absolute Gasteiger partial charge is 0.245 e. The first-order chi connectivity index (χ1) is 8.65. The predicted octanol–water partition coefficient (Wildman–Crippen LogP) is 2.80. The van der Waals surface area contributed by atoms with Crippen LogP contribution in [0.25, 0.3) is 0 Å². The molecular weight excluding hydrogens is 236 g/mol. The summed E-state index contributed by atoms with van der Waals surface area (Å²) in [5.74, 6) is 0.0876. The summed E-state index contributed by atoms with van der Waals surface area (Å²) < 4.78 is 0. The van der Waals surface area contributed by atoms with E-state index in [9.17, 15) is 4.79 Å². The molecule has 0 bridgehead atoms. The Kier molecular flexibility index (Phi) is 3.12. The van der Waals surface area contributed by atoms with Crippen LogP contribution in [0.2, 0.25) is 0 Å². The van der Waals surface area contributed by atoms with Crippen LogP contribution in [0.4, 0.5) is 5.69 Å². The molecule has 1 aromatic rings. The standard InChI is InChI=1S/C16H24N2O/c1-11-8-7-9-13(12(11)2)18-10-15(3,4)17-14(19)16(18,5)6/h7-9H,10H2,1-6H3,(H,17,19). The molecule has 0 aliphatic carbocycles. The average Bonchev–Trinajstić information content (AvgIpc) is 2.28. The highest BCUT2D eigenvalue weighted by molar-refractivity contribution is 5.91. The normalized spacial score (nSPS) is 21.2. The number of nitrogens with zero attached hydrogens (tertiary/aromatic N) is 1. The van der Waals surface area contributed by atoms with Crippen molar-refractivity contribution in [1.29, 1.82) is 0 Å². The largest absolute Gasteiger partial charge is 0.355 e. The minimum absolute atomic E-state index is 0.0876. The fraction of sp³-hybridized carbons (Fsp3) is 0.562. The van der Waals surface area contributed by atoms with E-state index >= 15 is 0 Å². The molecule has 1 heterocycles. The number of rotatable bonds is 1. The number of carbonyl (C=O) groups is 1. The van der Waals surface area contributed by atoms with Gasteiger partial charge < -0.3 is 10.2 Å². The lowest BCUT2D eigenvalue weighted by Gasteiger charge is -2.50. The lowest BCUT2D eigenvalue weighted by molar-refractivity contribution is -0.128. The zero-order chi connectivity index (χ0) is 14.4. The van der Waals surface area contributed by atoms with E-state index in [-0.39, 0.29) is 11.4 Å². The van der Waals surface area contributed by atoms with Crippen molar-refractivity contribution in [2.24, 2.45) is 0 Å². The molecule has 0 radical (unpaired) electrons. The van der Waals surface area contributed by atoms with Crippen molar-refractivity contribution in [1.82, 2.24) is 5.32 Å². The molecule has 19 heavy (non-hydrogen) atoms. The summed E-state index contributed by atoms with van der Waals surface area (Å²) in [5.41, 5.74) is 2.95. The van der Waals surface area contributed by atoms with Gasteiger partial charge in [-0.15, -0.1) is 0 Å². The number of hydrogen-bond donors (Lipinski definition) is 1. The average molecular weight is 260 g/mol. The van der Waals surface area contributed by atoms with Crippen LogP contribution in [0.15, 0.2) is 18.2 Å². The number of nitrogens with one attached hydrogen (secondary N) is 1. The zero-order valence-corrected chi connectivity index (χ0v) is 12.8. The van der Waals surface area contributed by atoms with E-state index in [0.29, 0.717) is 0 Å². The lowest BCUT2D eigenvalue weighted by Crippen LogP contribution is -2.69. The molecule has 1 aliphatic rings. The van der Waals surface area contributed by atoms with Gasteiger partial charge in [-0.1, -0.05) is 12.1 Å². The molecule has 0 unspecified atom stereocenters. The van der Waals surface area contributed by atoms with E-state index < -0.39 is 5.54 Å². The highest BCUT2D eigenvalue weighted by Crippen LogP contribution is 2.33. The number of benzene rings is 1. The maximum Gasteiger partial charge on any atom is 0.245 e. The fourth-order valence-electron chi connectivity index (χ4n) is 2.63. The van der Waals surface area contributed by atoms with Gasteiger partial charge >= 0.3 is 0 Å². The number of carbonyl (C=O) groups excluding carboxylic acids is 1. The maximum absolute atomic E-state index is 12.4. The van der Waals surface area contributed by atoms with Crippen LogP contribution in [-0.4, -0.2) is 23.5 Å². The number of hydrogen-bond acceptors (Lipinski definition) is 2. The van der Waals surface area contributed by atoms with Crippen LogP contribution in [0.1, 0.15) is 38.8 Å². The van der Waals surface area contributed by atoms with Crippen LogP contribution in [0.3, 0.4) is 0 Å². The molecule has 104 valence electrons. The maximum atomic E-state index is 12.4. The Balaban J connectivity index is 2.51. The van der Waals surface area contributed by atoms with Gasteiger partial charge in [0.05, 0.1) is 5.54 Å². The zero-order valence-electron chi connectivity index (χ0n) is 12.8. The van der Waals surface area contributed by atoms with Crippen molar-refractivity contribution >= 4 is 11.6 Å². The third-order valence-corrected chi connectivity index (χ3v) is 4.10. The minimum Gasteiger partial charge on any atom is -0.355 e. The van der Waals surface area contributed by atoms with E-state index in [2.05, 4.69) is 56.1 Å². The van der Waals surface area contributed by atoms with Gasteiger partial charge in [-0.2, -0.15) is 0 Å². The topological polar surface area (TPSA) is 32.3 Å². The first-order valence-electron chi connectivity index (χ1n) is 6.82. The second-order valence-corrected chi connectivity index (χ2v) is 6.70. The number of anilines is 1. The van der Waals surface area contributed by atoms with Crippen molar-refractivity contribution in [3.8, 4) is 0 Å².